The van der Waals surface area contributed by atoms with Gasteiger partial charge in [0, 0.05) is 11.1 Å². The molecule has 0 radical (unpaired) electrons. The van der Waals surface area contributed by atoms with Gasteiger partial charge in [0.25, 0.3) is 11.8 Å². The van der Waals surface area contributed by atoms with Gasteiger partial charge in [0.2, 0.25) is 6.79 Å². The molecule has 1 aromatic heterocycles. The molecule has 3 amide bonds. The summed E-state index contributed by atoms with van der Waals surface area (Å²) in [4.78, 5) is 72.7. The lowest BCUT2D eigenvalue weighted by atomic mass is 9.98. The molecule has 40 heavy (non-hydrogen) atoms. The summed E-state index contributed by atoms with van der Waals surface area (Å²) in [5, 5.41) is 9.90. The summed E-state index contributed by atoms with van der Waals surface area (Å²) in [5.41, 5.74) is -1.60. The van der Waals surface area contributed by atoms with Crippen LogP contribution < -0.4 is 10.6 Å². The van der Waals surface area contributed by atoms with Gasteiger partial charge in [-0.25, -0.2) is 14.6 Å². The number of nitrogens with one attached hydrogen (secondary N) is 2. The predicted octanol–water partition coefficient (Wildman–Crippen LogP) is 2.21. The minimum atomic E-state index is -0.965. The third kappa shape index (κ3) is 7.50. The predicted molar refractivity (Wildman–Crippen MR) is 145 cm³/mol. The highest BCUT2D eigenvalue weighted by atomic mass is 32.2. The fourth-order valence-electron chi connectivity index (χ4n) is 3.29. The lowest BCUT2D eigenvalue weighted by Gasteiger charge is -2.48. The molecule has 3 heterocycles. The molecule has 0 unspecified atom stereocenters. The van der Waals surface area contributed by atoms with Crippen molar-refractivity contribution >= 4 is 63.8 Å². The Morgan fingerprint density at radius 1 is 1.15 bits per heavy atom. The van der Waals surface area contributed by atoms with E-state index in [4.69, 9.17) is 19.0 Å². The van der Waals surface area contributed by atoms with Crippen LogP contribution in [0, 0.1) is 5.41 Å². The minimum absolute atomic E-state index is 0.00537. The highest BCUT2D eigenvalue weighted by Gasteiger charge is 2.53. The van der Waals surface area contributed by atoms with E-state index >= 15 is 0 Å². The summed E-state index contributed by atoms with van der Waals surface area (Å²) in [6.07, 6.45) is 0.810. The Bertz CT molecular complexity index is 1250. The van der Waals surface area contributed by atoms with Gasteiger partial charge in [-0.1, -0.05) is 5.16 Å². The molecule has 0 saturated carbocycles. The zero-order valence-electron chi connectivity index (χ0n) is 23.1. The van der Waals surface area contributed by atoms with Crippen molar-refractivity contribution in [2.24, 2.45) is 10.6 Å². The van der Waals surface area contributed by atoms with E-state index in [0.29, 0.717) is 5.75 Å². The average Bonchev–Trinajstić information content (AvgIpc) is 3.30. The fraction of sp³-hybridized carbons (Fsp3) is 0.542. The highest BCUT2D eigenvalue weighted by molar-refractivity contribution is 8.00. The zero-order chi connectivity index (χ0) is 29.8. The number of esters is 2. The van der Waals surface area contributed by atoms with Crippen LogP contribution in [0.4, 0.5) is 9.93 Å². The summed E-state index contributed by atoms with van der Waals surface area (Å²) in [7, 11) is 1.24. The standard InChI is InChI=1S/C24H31N5O9S2/c1-23(2,3)20(33)37-11-36-19(32)13-8-9-39-18-15(17(31)29(13)18)26-16(30)14(28-35-7)12-10-40-21(25-12)27-22(34)38-24(4,5)6/h8,10,15,18H,9,11H2,1-7H3,(H,26,30)(H,25,27,34)/t15-,18+/m1/s1. The van der Waals surface area contributed by atoms with E-state index in [9.17, 15) is 24.0 Å². The zero-order valence-corrected chi connectivity index (χ0v) is 24.7. The van der Waals surface area contributed by atoms with Gasteiger partial charge < -0.3 is 24.4 Å². The van der Waals surface area contributed by atoms with Crippen LogP contribution in [0.25, 0.3) is 0 Å². The first-order chi connectivity index (χ1) is 18.6. The molecule has 3 rings (SSSR count). The molecule has 2 aliphatic rings. The summed E-state index contributed by atoms with van der Waals surface area (Å²) < 4.78 is 15.2. The van der Waals surface area contributed by atoms with Crippen LogP contribution in [0.1, 0.15) is 47.2 Å². The number of thiazole rings is 1. The van der Waals surface area contributed by atoms with Gasteiger partial charge in [-0.15, -0.1) is 23.1 Å². The first-order valence-corrected chi connectivity index (χ1v) is 13.9. The number of ether oxygens (including phenoxy) is 3. The average molecular weight is 598 g/mol. The second kappa shape index (κ2) is 12.2. The maximum Gasteiger partial charge on any atom is 0.413 e. The number of hydrogen-bond acceptors (Lipinski definition) is 13. The number of carbonyl (C=O) groups is 5. The second-order valence-corrected chi connectivity index (χ2v) is 12.5. The lowest BCUT2D eigenvalue weighted by Crippen LogP contribution is -2.70. The Morgan fingerprint density at radius 3 is 2.48 bits per heavy atom. The van der Waals surface area contributed by atoms with Crippen LogP contribution >= 0.6 is 23.1 Å². The Hall–Kier alpha value is -3.66. The van der Waals surface area contributed by atoms with Crippen molar-refractivity contribution in [1.82, 2.24) is 15.2 Å². The Balaban J connectivity index is 1.61. The van der Waals surface area contributed by atoms with Crippen molar-refractivity contribution in [3.8, 4) is 0 Å². The monoisotopic (exact) mass is 597 g/mol. The minimum Gasteiger partial charge on any atom is -0.444 e. The van der Waals surface area contributed by atoms with E-state index in [1.807, 2.05) is 0 Å². The Labute approximate surface area is 238 Å². The maximum absolute atomic E-state index is 13.1. The van der Waals surface area contributed by atoms with Gasteiger partial charge in [0.15, 0.2) is 10.8 Å². The van der Waals surface area contributed by atoms with Crippen molar-refractivity contribution in [1.29, 1.82) is 0 Å². The topological polar surface area (TPSA) is 175 Å². The molecule has 0 spiro atoms. The number of nitrogens with zero attached hydrogens (tertiary/aromatic N) is 3. The van der Waals surface area contributed by atoms with E-state index in [2.05, 4.69) is 20.8 Å². The van der Waals surface area contributed by atoms with E-state index in [1.54, 1.807) is 41.5 Å². The maximum atomic E-state index is 13.1. The molecule has 14 nitrogen and oxygen atoms in total. The van der Waals surface area contributed by atoms with Gasteiger partial charge >= 0.3 is 18.0 Å². The third-order valence-corrected chi connectivity index (χ3v) is 7.03. The fourth-order valence-corrected chi connectivity index (χ4v) is 5.17. The van der Waals surface area contributed by atoms with E-state index in [1.165, 1.54) is 35.2 Å². The number of thioether (sulfide) groups is 1. The number of oxime groups is 1. The van der Waals surface area contributed by atoms with Crippen LogP contribution in [0.2, 0.25) is 0 Å². The number of fused-ring (bicyclic) bond motifs is 1. The third-order valence-electron chi connectivity index (χ3n) is 5.09. The largest absolute Gasteiger partial charge is 0.444 e. The van der Waals surface area contributed by atoms with Gasteiger partial charge in [0.05, 0.1) is 5.41 Å². The van der Waals surface area contributed by atoms with Crippen molar-refractivity contribution in [3.05, 3.63) is 22.8 Å². The molecule has 0 aliphatic carbocycles. The number of anilines is 1. The summed E-state index contributed by atoms with van der Waals surface area (Å²) in [6.45, 7) is 9.53. The number of rotatable bonds is 8. The highest BCUT2D eigenvalue weighted by Crippen LogP contribution is 2.38. The number of carbonyl (C=O) groups excluding carboxylic acids is 5. The SMILES string of the molecule is CON=C(C(=O)N[C@@H]1C(=O)N2C(C(=O)OCOC(=O)C(C)(C)C)=CCS[C@@H]12)c1csc(NC(=O)OC(C)(C)C)n1. The molecule has 0 bridgehead atoms. The van der Waals surface area contributed by atoms with Crippen molar-refractivity contribution in [2.45, 2.75) is 58.6 Å². The van der Waals surface area contributed by atoms with Crippen LogP contribution in [0.15, 0.2) is 22.3 Å². The first-order valence-electron chi connectivity index (χ1n) is 12.0. The normalized spacial score (nSPS) is 19.0. The van der Waals surface area contributed by atoms with Crippen molar-refractivity contribution in [2.75, 3.05) is 25.0 Å². The molecule has 0 aromatic carbocycles. The summed E-state index contributed by atoms with van der Waals surface area (Å²) in [5.74, 6) is -2.29. The Kier molecular flexibility index (Phi) is 9.45. The van der Waals surface area contributed by atoms with Gasteiger partial charge in [-0.2, -0.15) is 0 Å². The van der Waals surface area contributed by atoms with Gasteiger partial charge in [-0.05, 0) is 47.6 Å². The molecular formula is C24H31N5O9S2. The van der Waals surface area contributed by atoms with Crippen LogP contribution in [0.3, 0.4) is 0 Å². The smallest absolute Gasteiger partial charge is 0.413 e. The number of aromatic nitrogens is 1. The van der Waals surface area contributed by atoms with Crippen molar-refractivity contribution < 1.29 is 43.0 Å². The van der Waals surface area contributed by atoms with Crippen LogP contribution in [-0.4, -0.2) is 82.1 Å². The van der Waals surface area contributed by atoms with Crippen LogP contribution in [0.5, 0.6) is 0 Å². The van der Waals surface area contributed by atoms with E-state index in [0.717, 1.165) is 11.3 Å². The quantitative estimate of drug-likeness (QED) is 0.148. The first kappa shape index (κ1) is 30.9. The number of β-lactam (4-membered cyclic amide) rings is 1. The van der Waals surface area contributed by atoms with E-state index in [-0.39, 0.29) is 22.2 Å². The number of hydrogen-bond donors (Lipinski definition) is 2. The van der Waals surface area contributed by atoms with Gasteiger partial charge in [0.1, 0.15) is 35.5 Å². The molecule has 16 heteroatoms. The van der Waals surface area contributed by atoms with Crippen LogP contribution in [-0.2, 0) is 38.2 Å². The molecule has 2 aliphatic heterocycles. The number of amides is 3. The molecule has 1 aromatic rings. The van der Waals surface area contributed by atoms with Gasteiger partial charge in [-0.3, -0.25) is 24.6 Å². The molecule has 1 fully saturated rings. The van der Waals surface area contributed by atoms with Crippen molar-refractivity contribution in [3.63, 3.8) is 0 Å². The molecular weight excluding hydrogens is 566 g/mol. The Morgan fingerprint density at radius 2 is 1.85 bits per heavy atom. The molecule has 218 valence electrons. The van der Waals surface area contributed by atoms with E-state index < -0.39 is 59.1 Å². The molecule has 2 N–H and O–H groups in total. The summed E-state index contributed by atoms with van der Waals surface area (Å²) >= 11 is 2.37. The second-order valence-electron chi connectivity index (χ2n) is 10.5. The molecule has 2 atom stereocenters. The summed E-state index contributed by atoms with van der Waals surface area (Å²) in [6, 6.07) is -0.965. The molecule has 1 saturated heterocycles. The lowest BCUT2D eigenvalue weighted by molar-refractivity contribution is -0.173.